The molecule has 1 aromatic rings. The highest BCUT2D eigenvalue weighted by Crippen LogP contribution is 2.25. The summed E-state index contributed by atoms with van der Waals surface area (Å²) in [6.45, 7) is 3.12. The zero-order valence-corrected chi connectivity index (χ0v) is 10.4. The van der Waals surface area contributed by atoms with E-state index < -0.39 is 0 Å². The Hall–Kier alpha value is -1.36. The summed E-state index contributed by atoms with van der Waals surface area (Å²) >= 11 is 0. The van der Waals surface area contributed by atoms with Crippen LogP contribution in [0.3, 0.4) is 0 Å². The minimum atomic E-state index is 0.513. The zero-order valence-electron chi connectivity index (χ0n) is 10.4. The fraction of sp³-hybridized carbons (Fsp3) is 0.667. The molecule has 0 amide bonds. The zero-order chi connectivity index (χ0) is 12.1. The van der Waals surface area contributed by atoms with E-state index in [0.29, 0.717) is 25.1 Å². The van der Waals surface area contributed by atoms with Crippen LogP contribution in [-0.2, 0) is 11.2 Å². The maximum atomic E-state index is 5.52. The Kier molecular flexibility index (Phi) is 4.14. The van der Waals surface area contributed by atoms with Gasteiger partial charge in [-0.15, -0.1) is 0 Å². The van der Waals surface area contributed by atoms with Crippen molar-refractivity contribution in [3.05, 3.63) is 11.9 Å². The largest absolute Gasteiger partial charge is 0.475 e. The van der Waals surface area contributed by atoms with Crippen molar-refractivity contribution in [2.75, 3.05) is 25.6 Å². The first-order chi connectivity index (χ1) is 8.31. The number of methoxy groups -OCH3 is 1. The monoisotopic (exact) mass is 237 g/mol. The van der Waals surface area contributed by atoms with E-state index in [1.54, 1.807) is 7.11 Å². The topological polar surface area (TPSA) is 56.3 Å². The van der Waals surface area contributed by atoms with Crippen LogP contribution in [0.5, 0.6) is 5.88 Å². The van der Waals surface area contributed by atoms with Gasteiger partial charge in [0.15, 0.2) is 0 Å². The molecule has 1 N–H and O–H groups in total. The Balaban J connectivity index is 2.01. The normalized spacial score (nSPS) is 14.7. The number of aromatic nitrogens is 2. The molecule has 1 heterocycles. The van der Waals surface area contributed by atoms with E-state index in [1.165, 1.54) is 12.8 Å². The molecule has 2 rings (SSSR count). The Labute approximate surface area is 102 Å². The second-order valence-corrected chi connectivity index (χ2v) is 4.12. The predicted octanol–water partition coefficient (Wildman–Crippen LogP) is 1.64. The summed E-state index contributed by atoms with van der Waals surface area (Å²) in [5.74, 6) is 2.30. The standard InChI is InChI=1S/C12H19N3O2/c1-3-10-14-11(13-9-4-5-9)8-12(15-10)17-7-6-16-2/h8-9H,3-7H2,1-2H3,(H,13,14,15). The molecule has 94 valence electrons. The lowest BCUT2D eigenvalue weighted by atomic mass is 10.4. The number of anilines is 1. The Bertz CT molecular complexity index is 367. The molecule has 0 bridgehead atoms. The number of aryl methyl sites for hydroxylation is 1. The molecule has 1 saturated carbocycles. The van der Waals surface area contributed by atoms with Crippen molar-refractivity contribution >= 4 is 5.82 Å². The van der Waals surface area contributed by atoms with Gasteiger partial charge in [0.25, 0.3) is 0 Å². The third kappa shape index (κ3) is 3.85. The lowest BCUT2D eigenvalue weighted by molar-refractivity contribution is 0.143. The molecule has 0 atom stereocenters. The van der Waals surface area contributed by atoms with Gasteiger partial charge < -0.3 is 14.8 Å². The van der Waals surface area contributed by atoms with Crippen LogP contribution in [0, 0.1) is 0 Å². The van der Waals surface area contributed by atoms with Gasteiger partial charge in [0.05, 0.1) is 6.61 Å². The van der Waals surface area contributed by atoms with Gasteiger partial charge in [0, 0.05) is 25.6 Å². The molecule has 1 aliphatic rings. The smallest absolute Gasteiger partial charge is 0.218 e. The second-order valence-electron chi connectivity index (χ2n) is 4.12. The number of nitrogens with one attached hydrogen (secondary N) is 1. The quantitative estimate of drug-likeness (QED) is 0.731. The summed E-state index contributed by atoms with van der Waals surface area (Å²) in [5, 5.41) is 3.36. The summed E-state index contributed by atoms with van der Waals surface area (Å²) in [5.41, 5.74) is 0. The molecular formula is C12H19N3O2. The Morgan fingerprint density at radius 3 is 2.82 bits per heavy atom. The number of ether oxygens (including phenoxy) is 2. The third-order valence-corrected chi connectivity index (χ3v) is 2.53. The molecular weight excluding hydrogens is 218 g/mol. The first-order valence-electron chi connectivity index (χ1n) is 6.08. The third-order valence-electron chi connectivity index (χ3n) is 2.53. The average molecular weight is 237 g/mol. The number of rotatable bonds is 7. The molecule has 0 aliphatic heterocycles. The molecule has 17 heavy (non-hydrogen) atoms. The average Bonchev–Trinajstić information content (AvgIpc) is 3.13. The summed E-state index contributed by atoms with van der Waals surface area (Å²) in [6.07, 6.45) is 3.26. The van der Waals surface area contributed by atoms with Gasteiger partial charge in [0.1, 0.15) is 18.2 Å². The van der Waals surface area contributed by atoms with Crippen LogP contribution in [0.15, 0.2) is 6.07 Å². The van der Waals surface area contributed by atoms with Crippen molar-refractivity contribution in [3.63, 3.8) is 0 Å². The van der Waals surface area contributed by atoms with E-state index in [4.69, 9.17) is 9.47 Å². The highest BCUT2D eigenvalue weighted by atomic mass is 16.5. The lowest BCUT2D eigenvalue weighted by Crippen LogP contribution is -2.09. The van der Waals surface area contributed by atoms with E-state index in [2.05, 4.69) is 15.3 Å². The second kappa shape index (κ2) is 5.82. The highest BCUT2D eigenvalue weighted by molar-refractivity contribution is 5.40. The molecule has 1 aromatic heterocycles. The highest BCUT2D eigenvalue weighted by Gasteiger charge is 2.21. The van der Waals surface area contributed by atoms with Crippen molar-refractivity contribution in [2.45, 2.75) is 32.2 Å². The first kappa shape index (κ1) is 12.1. The summed E-state index contributed by atoms with van der Waals surface area (Å²) < 4.78 is 10.5. The van der Waals surface area contributed by atoms with Gasteiger partial charge in [0.2, 0.25) is 5.88 Å². The van der Waals surface area contributed by atoms with Gasteiger partial charge in [-0.25, -0.2) is 4.98 Å². The van der Waals surface area contributed by atoms with Gasteiger partial charge in [-0.05, 0) is 12.8 Å². The maximum Gasteiger partial charge on any atom is 0.218 e. The van der Waals surface area contributed by atoms with E-state index in [-0.39, 0.29) is 0 Å². The first-order valence-corrected chi connectivity index (χ1v) is 6.08. The van der Waals surface area contributed by atoms with Crippen molar-refractivity contribution in [1.29, 1.82) is 0 Å². The van der Waals surface area contributed by atoms with Crippen LogP contribution in [0.2, 0.25) is 0 Å². The van der Waals surface area contributed by atoms with Gasteiger partial charge in [-0.1, -0.05) is 6.92 Å². The Morgan fingerprint density at radius 2 is 2.18 bits per heavy atom. The number of hydrogen-bond donors (Lipinski definition) is 1. The summed E-state index contributed by atoms with van der Waals surface area (Å²) in [7, 11) is 1.65. The Morgan fingerprint density at radius 1 is 1.35 bits per heavy atom. The lowest BCUT2D eigenvalue weighted by Gasteiger charge is -2.09. The van der Waals surface area contributed by atoms with Gasteiger partial charge in [-0.2, -0.15) is 4.98 Å². The van der Waals surface area contributed by atoms with Crippen LogP contribution < -0.4 is 10.1 Å². The molecule has 0 aromatic carbocycles. The van der Waals surface area contributed by atoms with E-state index >= 15 is 0 Å². The molecule has 1 aliphatic carbocycles. The van der Waals surface area contributed by atoms with Crippen molar-refractivity contribution in [2.24, 2.45) is 0 Å². The van der Waals surface area contributed by atoms with Crippen molar-refractivity contribution < 1.29 is 9.47 Å². The summed E-state index contributed by atoms with van der Waals surface area (Å²) in [6, 6.07) is 2.44. The number of hydrogen-bond acceptors (Lipinski definition) is 5. The van der Waals surface area contributed by atoms with Crippen molar-refractivity contribution in [3.8, 4) is 5.88 Å². The predicted molar refractivity (Wildman–Crippen MR) is 65.4 cm³/mol. The van der Waals surface area contributed by atoms with E-state index in [9.17, 15) is 0 Å². The van der Waals surface area contributed by atoms with Gasteiger partial charge in [-0.3, -0.25) is 0 Å². The molecule has 0 spiro atoms. The molecule has 5 nitrogen and oxygen atoms in total. The SMILES string of the molecule is CCc1nc(NC2CC2)cc(OCCOC)n1. The summed E-state index contributed by atoms with van der Waals surface area (Å²) in [4.78, 5) is 8.75. The van der Waals surface area contributed by atoms with Crippen LogP contribution in [0.4, 0.5) is 5.82 Å². The van der Waals surface area contributed by atoms with E-state index in [0.717, 1.165) is 18.1 Å². The van der Waals surface area contributed by atoms with Crippen LogP contribution in [-0.4, -0.2) is 36.3 Å². The molecule has 0 radical (unpaired) electrons. The van der Waals surface area contributed by atoms with Crippen LogP contribution in [0.25, 0.3) is 0 Å². The van der Waals surface area contributed by atoms with Crippen molar-refractivity contribution in [1.82, 2.24) is 9.97 Å². The fourth-order valence-corrected chi connectivity index (χ4v) is 1.45. The minimum Gasteiger partial charge on any atom is -0.475 e. The van der Waals surface area contributed by atoms with E-state index in [1.807, 2.05) is 13.0 Å². The maximum absolute atomic E-state index is 5.52. The molecule has 0 saturated heterocycles. The molecule has 0 unspecified atom stereocenters. The minimum absolute atomic E-state index is 0.513. The molecule has 1 fully saturated rings. The number of nitrogens with zero attached hydrogens (tertiary/aromatic N) is 2. The van der Waals surface area contributed by atoms with Gasteiger partial charge >= 0.3 is 0 Å². The van der Waals surface area contributed by atoms with Crippen LogP contribution in [0.1, 0.15) is 25.6 Å². The van der Waals surface area contributed by atoms with Crippen LogP contribution >= 0.6 is 0 Å². The fourth-order valence-electron chi connectivity index (χ4n) is 1.45. The molecule has 5 heteroatoms.